The molecule has 2 atom stereocenters. The number of esters is 1. The molecule has 0 radical (unpaired) electrons. The number of hydrogen-bond donors (Lipinski definition) is 2. The van der Waals surface area contributed by atoms with E-state index in [9.17, 15) is 14.4 Å². The van der Waals surface area contributed by atoms with Gasteiger partial charge in [-0.1, -0.05) is 6.92 Å². The van der Waals surface area contributed by atoms with Gasteiger partial charge in [0, 0.05) is 7.05 Å². The van der Waals surface area contributed by atoms with E-state index in [0.29, 0.717) is 13.0 Å². The fourth-order valence-corrected chi connectivity index (χ4v) is 0.822. The summed E-state index contributed by atoms with van der Waals surface area (Å²) in [5.74, 6) is -1.21. The Morgan fingerprint density at radius 2 is 1.94 bits per heavy atom. The van der Waals surface area contributed by atoms with Crippen molar-refractivity contribution in [3.63, 3.8) is 0 Å². The third-order valence-electron chi connectivity index (χ3n) is 2.20. The number of methoxy groups -OCH3 is 1. The van der Waals surface area contributed by atoms with Crippen LogP contribution in [0.3, 0.4) is 0 Å². The average molecular weight is 262 g/mol. The van der Waals surface area contributed by atoms with Crippen molar-refractivity contribution in [1.29, 1.82) is 0 Å². The van der Waals surface area contributed by atoms with Gasteiger partial charge in [-0.05, 0) is 20.4 Å². The Labute approximate surface area is 107 Å². The van der Waals surface area contributed by atoms with Crippen LogP contribution in [-0.2, 0) is 19.1 Å². The molecule has 0 aromatic carbocycles. The van der Waals surface area contributed by atoms with E-state index in [1.165, 1.54) is 19.1 Å². The fraction of sp³-hybridized carbons (Fsp3) is 0.727. The minimum atomic E-state index is -0.799. The van der Waals surface area contributed by atoms with E-state index in [4.69, 9.17) is 5.11 Å². The zero-order valence-corrected chi connectivity index (χ0v) is 11.5. The molecule has 0 aliphatic rings. The molecule has 0 saturated heterocycles. The van der Waals surface area contributed by atoms with Crippen molar-refractivity contribution < 1.29 is 24.2 Å². The Balaban J connectivity index is 0. The Morgan fingerprint density at radius 3 is 2.17 bits per heavy atom. The SMILES string of the molecule is CCNC(C)C(=O)O.COC(=O)C(C)N(C)C=O. The molecular formula is C11H22N2O5. The van der Waals surface area contributed by atoms with E-state index in [-0.39, 0.29) is 0 Å². The number of hydrogen-bond acceptors (Lipinski definition) is 5. The topological polar surface area (TPSA) is 95.9 Å². The van der Waals surface area contributed by atoms with Crippen molar-refractivity contribution in [2.45, 2.75) is 32.9 Å². The predicted molar refractivity (Wildman–Crippen MR) is 66.1 cm³/mol. The Bertz CT molecular complexity index is 270. The second kappa shape index (κ2) is 10.5. The summed E-state index contributed by atoms with van der Waals surface area (Å²) in [7, 11) is 2.81. The van der Waals surface area contributed by atoms with Crippen LogP contribution in [-0.4, -0.2) is 61.1 Å². The van der Waals surface area contributed by atoms with Gasteiger partial charge in [-0.2, -0.15) is 0 Å². The molecule has 0 aliphatic carbocycles. The van der Waals surface area contributed by atoms with E-state index < -0.39 is 24.0 Å². The molecule has 7 heteroatoms. The third kappa shape index (κ3) is 8.51. The van der Waals surface area contributed by atoms with Gasteiger partial charge in [0.15, 0.2) is 0 Å². The first-order valence-electron chi connectivity index (χ1n) is 5.52. The summed E-state index contributed by atoms with van der Waals surface area (Å²) in [6, 6.07) is -0.914. The van der Waals surface area contributed by atoms with Crippen molar-refractivity contribution >= 4 is 18.3 Å². The van der Waals surface area contributed by atoms with Crippen LogP contribution in [0.4, 0.5) is 0 Å². The maximum absolute atomic E-state index is 10.7. The lowest BCUT2D eigenvalue weighted by Crippen LogP contribution is -2.35. The molecule has 0 spiro atoms. The Hall–Kier alpha value is -1.63. The molecule has 0 rings (SSSR count). The monoisotopic (exact) mass is 262 g/mol. The number of likely N-dealkylation sites (N-methyl/N-ethyl adjacent to an activating group) is 2. The highest BCUT2D eigenvalue weighted by Gasteiger charge is 2.16. The van der Waals surface area contributed by atoms with Crippen LogP contribution in [0.25, 0.3) is 0 Å². The number of carboxylic acids is 1. The van der Waals surface area contributed by atoms with Crippen molar-refractivity contribution in [2.24, 2.45) is 0 Å². The number of carboxylic acid groups (broad SMARTS) is 1. The minimum absolute atomic E-state index is 0.408. The number of ether oxygens (including phenoxy) is 1. The lowest BCUT2D eigenvalue weighted by molar-refractivity contribution is -0.148. The van der Waals surface area contributed by atoms with Crippen molar-refractivity contribution in [3.05, 3.63) is 0 Å². The van der Waals surface area contributed by atoms with Crippen molar-refractivity contribution in [3.8, 4) is 0 Å². The van der Waals surface area contributed by atoms with Crippen LogP contribution < -0.4 is 5.32 Å². The van der Waals surface area contributed by atoms with Crippen LogP contribution in [0.1, 0.15) is 20.8 Å². The molecule has 7 nitrogen and oxygen atoms in total. The zero-order valence-electron chi connectivity index (χ0n) is 11.5. The van der Waals surface area contributed by atoms with E-state index in [0.717, 1.165) is 0 Å². The molecule has 0 aromatic rings. The maximum Gasteiger partial charge on any atom is 0.328 e. The standard InChI is InChI=1S/C6H11NO3.C5H11NO2/c1-5(6(9)10-3)7(2)4-8;1-3-6-4(2)5(7)8/h4-5H,1-3H3;4,6H,3H2,1-2H3,(H,7,8). The van der Waals surface area contributed by atoms with Gasteiger partial charge in [-0.25, -0.2) is 4.79 Å². The van der Waals surface area contributed by atoms with Gasteiger partial charge in [0.05, 0.1) is 7.11 Å². The quantitative estimate of drug-likeness (QED) is 0.504. The number of nitrogens with zero attached hydrogens (tertiary/aromatic N) is 1. The second-order valence-electron chi connectivity index (χ2n) is 3.59. The van der Waals surface area contributed by atoms with Gasteiger partial charge in [-0.3, -0.25) is 9.59 Å². The van der Waals surface area contributed by atoms with Crippen LogP contribution >= 0.6 is 0 Å². The number of amides is 1. The molecule has 0 fully saturated rings. The van der Waals surface area contributed by atoms with Crippen LogP contribution in [0.5, 0.6) is 0 Å². The van der Waals surface area contributed by atoms with Gasteiger partial charge in [-0.15, -0.1) is 0 Å². The molecule has 1 amide bonds. The van der Waals surface area contributed by atoms with E-state index in [1.807, 2.05) is 6.92 Å². The molecule has 0 heterocycles. The highest BCUT2D eigenvalue weighted by atomic mass is 16.5. The molecule has 2 unspecified atom stereocenters. The fourth-order valence-electron chi connectivity index (χ4n) is 0.822. The first-order valence-corrected chi connectivity index (χ1v) is 5.52. The van der Waals surface area contributed by atoms with Crippen molar-refractivity contribution in [2.75, 3.05) is 20.7 Å². The highest BCUT2D eigenvalue weighted by Crippen LogP contribution is 1.93. The molecule has 0 aromatic heterocycles. The van der Waals surface area contributed by atoms with Crippen LogP contribution in [0.15, 0.2) is 0 Å². The summed E-state index contributed by atoms with van der Waals surface area (Å²) < 4.78 is 4.40. The average Bonchev–Trinajstić information content (AvgIpc) is 2.36. The third-order valence-corrected chi connectivity index (χ3v) is 2.20. The number of aliphatic carboxylic acids is 1. The summed E-state index contributed by atoms with van der Waals surface area (Å²) in [5.41, 5.74) is 0. The van der Waals surface area contributed by atoms with E-state index in [2.05, 4.69) is 10.1 Å². The number of rotatable bonds is 6. The summed E-state index contributed by atoms with van der Waals surface area (Å²) >= 11 is 0. The molecule has 0 bridgehead atoms. The predicted octanol–water partition coefficient (Wildman–Crippen LogP) is -0.295. The van der Waals surface area contributed by atoms with Gasteiger partial charge >= 0.3 is 11.9 Å². The smallest absolute Gasteiger partial charge is 0.328 e. The number of nitrogens with one attached hydrogen (secondary N) is 1. The number of carbonyl (C=O) groups is 3. The molecule has 106 valence electrons. The molecule has 18 heavy (non-hydrogen) atoms. The first-order chi connectivity index (χ1) is 8.31. The largest absolute Gasteiger partial charge is 0.480 e. The first kappa shape index (κ1) is 18.7. The number of carbonyl (C=O) groups excluding carboxylic acids is 2. The van der Waals surface area contributed by atoms with E-state index >= 15 is 0 Å². The Morgan fingerprint density at radius 1 is 1.44 bits per heavy atom. The normalized spacial score (nSPS) is 12.5. The second-order valence-corrected chi connectivity index (χ2v) is 3.59. The van der Waals surface area contributed by atoms with Crippen LogP contribution in [0.2, 0.25) is 0 Å². The van der Waals surface area contributed by atoms with Crippen LogP contribution in [0, 0.1) is 0 Å². The summed E-state index contributed by atoms with van der Waals surface area (Å²) in [4.78, 5) is 32.0. The molecule has 0 saturated carbocycles. The minimum Gasteiger partial charge on any atom is -0.480 e. The Kier molecular flexibility index (Phi) is 10.9. The van der Waals surface area contributed by atoms with E-state index in [1.54, 1.807) is 13.8 Å². The molecular weight excluding hydrogens is 240 g/mol. The summed E-state index contributed by atoms with van der Waals surface area (Å²) in [6.45, 7) is 5.79. The van der Waals surface area contributed by atoms with Gasteiger partial charge in [0.25, 0.3) is 0 Å². The maximum atomic E-state index is 10.7. The van der Waals surface area contributed by atoms with Crippen molar-refractivity contribution in [1.82, 2.24) is 10.2 Å². The van der Waals surface area contributed by atoms with Gasteiger partial charge in [0.1, 0.15) is 12.1 Å². The molecule has 2 N–H and O–H groups in total. The van der Waals surface area contributed by atoms with Gasteiger partial charge in [0.2, 0.25) is 6.41 Å². The van der Waals surface area contributed by atoms with Gasteiger partial charge < -0.3 is 20.1 Å². The molecule has 0 aliphatic heterocycles. The summed E-state index contributed by atoms with van der Waals surface area (Å²) in [6.07, 6.45) is 0.585. The lowest BCUT2D eigenvalue weighted by atomic mass is 10.3. The lowest BCUT2D eigenvalue weighted by Gasteiger charge is -2.16. The summed E-state index contributed by atoms with van der Waals surface area (Å²) in [5, 5.41) is 11.0. The zero-order chi connectivity index (χ0) is 14.7. The highest BCUT2D eigenvalue weighted by molar-refractivity contribution is 5.77.